The first-order chi connectivity index (χ1) is 13.1. The average molecular weight is 502 g/mol. The molecule has 10 heteroatoms. The quantitative estimate of drug-likeness (QED) is 0.526. The van der Waals surface area contributed by atoms with Crippen molar-refractivity contribution in [3.63, 3.8) is 0 Å². The lowest BCUT2D eigenvalue weighted by Gasteiger charge is -2.38. The van der Waals surface area contributed by atoms with Gasteiger partial charge in [-0.2, -0.15) is 0 Å². The van der Waals surface area contributed by atoms with Gasteiger partial charge in [-0.1, -0.05) is 106 Å². The van der Waals surface area contributed by atoms with Crippen molar-refractivity contribution in [2.45, 2.75) is 19.7 Å². The van der Waals surface area contributed by atoms with Gasteiger partial charge < -0.3 is 10.1 Å². The van der Waals surface area contributed by atoms with Crippen LogP contribution in [-0.2, 0) is 16.8 Å². The Morgan fingerprint density at radius 2 is 1.75 bits per heavy atom. The van der Waals surface area contributed by atoms with E-state index in [1.807, 2.05) is 36.4 Å². The summed E-state index contributed by atoms with van der Waals surface area (Å²) < 4.78 is 1.42. The van der Waals surface area contributed by atoms with E-state index in [2.05, 4.69) is 15.3 Å². The van der Waals surface area contributed by atoms with Gasteiger partial charge >= 0.3 is 0 Å². The Labute approximate surface area is 192 Å². The minimum absolute atomic E-state index is 0.00412. The molecule has 0 aromatic heterocycles. The molecule has 4 nitrogen and oxygen atoms in total. The normalized spacial score (nSPS) is 20.2. The maximum absolute atomic E-state index is 6.45. The number of aliphatic imine (C=N–C) groups is 2. The number of hydrogen-bond donors (Lipinski definition) is 1. The molecule has 1 unspecified atom stereocenters. The number of alkyl halides is 6. The van der Waals surface area contributed by atoms with Crippen LogP contribution in [0.2, 0.25) is 0 Å². The molecule has 0 radical (unpaired) electrons. The van der Waals surface area contributed by atoms with E-state index >= 15 is 0 Å². The summed E-state index contributed by atoms with van der Waals surface area (Å²) in [6.45, 7) is 0.463. The lowest BCUT2D eigenvalue weighted by atomic mass is 9.88. The molecular weight excluding hydrogens is 487 g/mol. The van der Waals surface area contributed by atoms with Crippen LogP contribution < -0.4 is 5.32 Å². The van der Waals surface area contributed by atoms with Crippen LogP contribution in [0.1, 0.15) is 11.1 Å². The highest BCUT2D eigenvalue weighted by atomic mass is 35.6. The molecule has 0 saturated carbocycles. The summed E-state index contributed by atoms with van der Waals surface area (Å²) in [6.07, 6.45) is 1.88. The Morgan fingerprint density at radius 3 is 2.39 bits per heavy atom. The zero-order valence-electron chi connectivity index (χ0n) is 14.5. The van der Waals surface area contributed by atoms with Crippen molar-refractivity contribution in [1.29, 1.82) is 0 Å². The third kappa shape index (κ3) is 4.20. The van der Waals surface area contributed by atoms with Crippen LogP contribution in [0.25, 0.3) is 10.8 Å². The van der Waals surface area contributed by atoms with Crippen LogP contribution >= 0.6 is 69.6 Å². The van der Waals surface area contributed by atoms with Gasteiger partial charge in [0.15, 0.2) is 5.84 Å². The highest BCUT2D eigenvalue weighted by Gasteiger charge is 2.54. The van der Waals surface area contributed by atoms with Crippen molar-refractivity contribution in [2.24, 2.45) is 9.98 Å². The topological polar surface area (TPSA) is 46.0 Å². The molecule has 2 aromatic carbocycles. The molecule has 0 spiro atoms. The van der Waals surface area contributed by atoms with Gasteiger partial charge in [-0.05, 0) is 22.8 Å². The largest absolute Gasteiger partial charge is 0.384 e. The summed E-state index contributed by atoms with van der Waals surface area (Å²) in [6, 6.07) is 11.6. The second-order valence-electron chi connectivity index (χ2n) is 6.09. The molecule has 0 saturated heterocycles. The summed E-state index contributed by atoms with van der Waals surface area (Å²) in [5.74, 6) is 0.00412. The highest BCUT2D eigenvalue weighted by Crippen LogP contribution is 2.53. The number of benzene rings is 2. The van der Waals surface area contributed by atoms with Crippen molar-refractivity contribution in [3.05, 3.63) is 47.5 Å². The molecule has 28 heavy (non-hydrogen) atoms. The molecule has 1 aliphatic rings. The zero-order chi connectivity index (χ0) is 20.6. The van der Waals surface area contributed by atoms with Crippen LogP contribution in [0.4, 0.5) is 0 Å². The first-order valence-electron chi connectivity index (χ1n) is 8.14. The van der Waals surface area contributed by atoms with E-state index in [1.54, 1.807) is 7.11 Å². The summed E-state index contributed by atoms with van der Waals surface area (Å²) >= 11 is 37.5. The molecule has 3 rings (SSSR count). The van der Waals surface area contributed by atoms with Gasteiger partial charge in [-0.3, -0.25) is 0 Å². The van der Waals surface area contributed by atoms with Crippen molar-refractivity contribution in [1.82, 2.24) is 5.32 Å². The Kier molecular flexibility index (Phi) is 6.63. The fourth-order valence-electron chi connectivity index (χ4n) is 3.10. The number of nitrogens with zero attached hydrogens (tertiary/aromatic N) is 2. The second kappa shape index (κ2) is 8.35. The van der Waals surface area contributed by atoms with Crippen LogP contribution in [-0.4, -0.2) is 33.5 Å². The number of hydrogen-bond acceptors (Lipinski definition) is 4. The Balaban J connectivity index is 2.39. The Hall–Kier alpha value is -0.460. The molecule has 1 aliphatic heterocycles. The maximum atomic E-state index is 6.45. The van der Waals surface area contributed by atoms with E-state index in [9.17, 15) is 0 Å². The fourth-order valence-corrected chi connectivity index (χ4v) is 3.95. The summed E-state index contributed by atoms with van der Waals surface area (Å²) in [7, 11) is 1.62. The summed E-state index contributed by atoms with van der Waals surface area (Å²) in [4.78, 5) is 8.97. The molecule has 0 fully saturated rings. The molecule has 0 amide bonds. The summed E-state index contributed by atoms with van der Waals surface area (Å²) in [5.41, 5.74) is -0.183. The monoisotopic (exact) mass is 499 g/mol. The number of nitrogens with one attached hydrogen (secondary N) is 1. The van der Waals surface area contributed by atoms with E-state index in [0.717, 1.165) is 16.3 Å². The molecule has 1 heterocycles. The van der Waals surface area contributed by atoms with Crippen molar-refractivity contribution in [3.8, 4) is 0 Å². The lowest BCUT2D eigenvalue weighted by Crippen LogP contribution is -2.47. The van der Waals surface area contributed by atoms with Gasteiger partial charge in [0.1, 0.15) is 0 Å². The summed E-state index contributed by atoms with van der Waals surface area (Å²) in [5, 5.41) is 4.49. The smallest absolute Gasteiger partial charge is 0.247 e. The zero-order valence-corrected chi connectivity index (χ0v) is 19.1. The van der Waals surface area contributed by atoms with Crippen LogP contribution in [0.15, 0.2) is 46.4 Å². The van der Waals surface area contributed by atoms with Crippen molar-refractivity contribution >= 4 is 92.6 Å². The van der Waals surface area contributed by atoms with Gasteiger partial charge in [-0.25, -0.2) is 9.98 Å². The first-order valence-corrected chi connectivity index (χ1v) is 10.4. The molecule has 1 N–H and O–H groups in total. The molecule has 0 aliphatic carbocycles. The van der Waals surface area contributed by atoms with E-state index in [-0.39, 0.29) is 5.84 Å². The van der Waals surface area contributed by atoms with Gasteiger partial charge in [0.05, 0.1) is 12.9 Å². The molecule has 0 bridgehead atoms. The maximum Gasteiger partial charge on any atom is 0.247 e. The molecule has 2 aromatic rings. The number of fused-ring (bicyclic) bond motifs is 1. The molecule has 1 atom stereocenters. The Morgan fingerprint density at radius 1 is 1.04 bits per heavy atom. The van der Waals surface area contributed by atoms with E-state index in [4.69, 9.17) is 74.3 Å². The number of methoxy groups -OCH3 is 1. The van der Waals surface area contributed by atoms with Crippen molar-refractivity contribution < 1.29 is 4.74 Å². The van der Waals surface area contributed by atoms with E-state index in [0.29, 0.717) is 18.6 Å². The van der Waals surface area contributed by atoms with Crippen LogP contribution in [0, 0.1) is 0 Å². The van der Waals surface area contributed by atoms with E-state index < -0.39 is 13.2 Å². The van der Waals surface area contributed by atoms with Crippen molar-refractivity contribution in [2.75, 3.05) is 13.7 Å². The predicted octanol–water partition coefficient (Wildman–Crippen LogP) is 5.95. The third-order valence-corrected chi connectivity index (χ3v) is 5.66. The Bertz CT molecular complexity index is 935. The number of halogens is 6. The molecular formula is C18H15Cl6N3O. The van der Waals surface area contributed by atoms with Gasteiger partial charge in [0, 0.05) is 12.7 Å². The van der Waals surface area contributed by atoms with Gasteiger partial charge in [0.2, 0.25) is 13.2 Å². The van der Waals surface area contributed by atoms with Crippen LogP contribution in [0.5, 0.6) is 0 Å². The number of ether oxygens (including phenoxy) is 1. The minimum Gasteiger partial charge on any atom is -0.384 e. The predicted molar refractivity (Wildman–Crippen MR) is 121 cm³/mol. The number of amidine groups is 1. The van der Waals surface area contributed by atoms with E-state index in [1.165, 1.54) is 6.34 Å². The highest BCUT2D eigenvalue weighted by molar-refractivity contribution is 6.77. The SMILES string of the molecule is COCCc1ccc2ccccc2c1C1(C(Cl)(Cl)Cl)N=CNC(C(Cl)(Cl)Cl)=N1. The fraction of sp³-hybridized carbons (Fsp3) is 0.333. The van der Waals surface area contributed by atoms with Gasteiger partial charge in [0.25, 0.3) is 0 Å². The lowest BCUT2D eigenvalue weighted by molar-refractivity contribution is 0.202. The molecule has 150 valence electrons. The van der Waals surface area contributed by atoms with Gasteiger partial charge in [-0.15, -0.1) is 0 Å². The first kappa shape index (κ1) is 22.2. The van der Waals surface area contributed by atoms with Crippen LogP contribution in [0.3, 0.4) is 0 Å². The average Bonchev–Trinajstić information content (AvgIpc) is 2.64. The minimum atomic E-state index is -1.97. The number of rotatable bonds is 4. The second-order valence-corrected chi connectivity index (χ2v) is 10.7. The third-order valence-electron chi connectivity index (χ3n) is 4.33. The standard InChI is InChI=1S/C18H15Cl6N3O/c1-28-9-8-12-7-6-11-4-2-3-5-13(11)14(12)16(18(22,23)24)26-10-25-15(27-16)17(19,20)21/h2-7,10H,8-9H2,1H3,(H,25,26,27).